The first-order valence-corrected chi connectivity index (χ1v) is 12.1. The molecule has 0 N–H and O–H groups in total. The van der Waals surface area contributed by atoms with Gasteiger partial charge >= 0.3 is 6.09 Å². The number of likely N-dealkylation sites (tertiary alicyclic amines) is 1. The van der Waals surface area contributed by atoms with Crippen LogP contribution >= 0.6 is 0 Å². The van der Waals surface area contributed by atoms with Gasteiger partial charge in [0, 0.05) is 49.2 Å². The molecule has 2 aromatic heterocycles. The second-order valence-corrected chi connectivity index (χ2v) is 10.2. The second kappa shape index (κ2) is 8.87. The van der Waals surface area contributed by atoms with Gasteiger partial charge in [0.05, 0.1) is 11.2 Å². The third kappa shape index (κ3) is 4.67. The molecule has 6 nitrogen and oxygen atoms in total. The zero-order chi connectivity index (χ0) is 24.7. The van der Waals surface area contributed by atoms with Gasteiger partial charge in [-0.15, -0.1) is 0 Å². The van der Waals surface area contributed by atoms with E-state index in [-0.39, 0.29) is 11.9 Å². The van der Waals surface area contributed by atoms with E-state index in [1.165, 1.54) is 23.1 Å². The van der Waals surface area contributed by atoms with Crippen LogP contribution in [0.5, 0.6) is 0 Å². The van der Waals surface area contributed by atoms with E-state index in [1.54, 1.807) is 18.3 Å². The number of fused-ring (bicyclic) bond motifs is 1. The van der Waals surface area contributed by atoms with Crippen molar-refractivity contribution in [1.29, 1.82) is 0 Å². The van der Waals surface area contributed by atoms with Gasteiger partial charge in [-0.1, -0.05) is 6.07 Å². The van der Waals surface area contributed by atoms with E-state index in [1.807, 2.05) is 43.5 Å². The molecule has 0 spiro atoms. The van der Waals surface area contributed by atoms with Gasteiger partial charge in [0.1, 0.15) is 11.4 Å². The Balaban J connectivity index is 1.51. The molecule has 1 saturated heterocycles. The SMILES string of the molecule is Cn1nccc1-c1ccc2c(c1)c(C1CCN(C(=O)OC(C)(C)C)CC1)cn2-c1ccc(F)cc1. The molecule has 5 rings (SSSR count). The van der Waals surface area contributed by atoms with E-state index in [2.05, 4.69) is 34.1 Å². The van der Waals surface area contributed by atoms with Crippen molar-refractivity contribution in [2.24, 2.45) is 7.05 Å². The number of rotatable bonds is 3. The zero-order valence-electron chi connectivity index (χ0n) is 20.7. The van der Waals surface area contributed by atoms with Gasteiger partial charge in [-0.25, -0.2) is 9.18 Å². The summed E-state index contributed by atoms with van der Waals surface area (Å²) in [6.45, 7) is 6.99. The first-order chi connectivity index (χ1) is 16.7. The minimum atomic E-state index is -0.501. The highest BCUT2D eigenvalue weighted by Gasteiger charge is 2.29. The molecule has 0 bridgehead atoms. The van der Waals surface area contributed by atoms with Crippen molar-refractivity contribution in [2.75, 3.05) is 13.1 Å². The monoisotopic (exact) mass is 474 g/mol. The van der Waals surface area contributed by atoms with Crippen LogP contribution < -0.4 is 0 Å². The van der Waals surface area contributed by atoms with Crippen molar-refractivity contribution >= 4 is 17.0 Å². The molecule has 0 unspecified atom stereocenters. The van der Waals surface area contributed by atoms with Crippen LogP contribution in [-0.4, -0.2) is 44.0 Å². The molecule has 0 radical (unpaired) electrons. The summed E-state index contributed by atoms with van der Waals surface area (Å²) in [7, 11) is 1.94. The van der Waals surface area contributed by atoms with E-state index >= 15 is 0 Å². The van der Waals surface area contributed by atoms with Crippen LogP contribution in [0.4, 0.5) is 9.18 Å². The molecular weight excluding hydrogens is 443 g/mol. The van der Waals surface area contributed by atoms with Crippen LogP contribution in [0.3, 0.4) is 0 Å². The maximum atomic E-state index is 13.6. The molecule has 0 saturated carbocycles. The van der Waals surface area contributed by atoms with Crippen LogP contribution in [-0.2, 0) is 11.8 Å². The fourth-order valence-electron chi connectivity index (χ4n) is 4.91. The lowest BCUT2D eigenvalue weighted by atomic mass is 9.89. The summed E-state index contributed by atoms with van der Waals surface area (Å²) in [6.07, 6.45) is 5.45. The lowest BCUT2D eigenvalue weighted by Crippen LogP contribution is -2.41. The minimum absolute atomic E-state index is 0.247. The predicted octanol–water partition coefficient (Wildman–Crippen LogP) is 6.28. The molecule has 1 amide bonds. The number of hydrogen-bond acceptors (Lipinski definition) is 3. The van der Waals surface area contributed by atoms with Crippen LogP contribution in [0.2, 0.25) is 0 Å². The maximum absolute atomic E-state index is 13.6. The Labute approximate surface area is 204 Å². The van der Waals surface area contributed by atoms with E-state index in [0.717, 1.165) is 35.3 Å². The predicted molar refractivity (Wildman–Crippen MR) is 135 cm³/mol. The van der Waals surface area contributed by atoms with Crippen molar-refractivity contribution in [3.8, 4) is 16.9 Å². The molecular formula is C28H31FN4O2. The van der Waals surface area contributed by atoms with Gasteiger partial charge < -0.3 is 14.2 Å². The summed E-state index contributed by atoms with van der Waals surface area (Å²) >= 11 is 0. The second-order valence-electron chi connectivity index (χ2n) is 10.2. The smallest absolute Gasteiger partial charge is 0.410 e. The molecule has 0 atom stereocenters. The highest BCUT2D eigenvalue weighted by atomic mass is 19.1. The number of amides is 1. The Hall–Kier alpha value is -3.61. The number of aromatic nitrogens is 3. The standard InChI is InChI=1S/C28H31FN4O2/c1-28(2,3)35-27(34)32-15-12-19(13-16-32)24-18-33(22-8-6-21(29)7-9-22)26-10-5-20(17-23(24)26)25-11-14-30-31(25)4/h5-11,14,17-19H,12-13,15-16H2,1-4H3. The Morgan fingerprint density at radius 3 is 2.40 bits per heavy atom. The molecule has 4 aromatic rings. The van der Waals surface area contributed by atoms with Crippen LogP contribution in [0.25, 0.3) is 27.8 Å². The van der Waals surface area contributed by atoms with Crippen LogP contribution in [0, 0.1) is 5.82 Å². The van der Waals surface area contributed by atoms with E-state index in [4.69, 9.17) is 4.74 Å². The van der Waals surface area contributed by atoms with Crippen molar-refractivity contribution < 1.29 is 13.9 Å². The summed E-state index contributed by atoms with van der Waals surface area (Å²) in [5.41, 5.74) is 4.89. The molecule has 7 heteroatoms. The van der Waals surface area contributed by atoms with Crippen molar-refractivity contribution in [2.45, 2.75) is 45.1 Å². The van der Waals surface area contributed by atoms with Crippen molar-refractivity contribution in [1.82, 2.24) is 19.2 Å². The third-order valence-electron chi connectivity index (χ3n) is 6.64. The largest absolute Gasteiger partial charge is 0.444 e. The Bertz CT molecular complexity index is 1360. The average Bonchev–Trinajstić information content (AvgIpc) is 3.42. The summed E-state index contributed by atoms with van der Waals surface area (Å²) in [5, 5.41) is 5.49. The Kier molecular flexibility index (Phi) is 5.87. The highest BCUT2D eigenvalue weighted by Crippen LogP contribution is 2.38. The van der Waals surface area contributed by atoms with Gasteiger partial charge in [0.2, 0.25) is 0 Å². The number of carbonyl (C=O) groups is 1. The molecule has 2 aromatic carbocycles. The van der Waals surface area contributed by atoms with Gasteiger partial charge in [-0.2, -0.15) is 5.10 Å². The summed E-state index contributed by atoms with van der Waals surface area (Å²) in [6, 6.07) is 15.1. The number of nitrogens with zero attached hydrogens (tertiary/aromatic N) is 4. The summed E-state index contributed by atoms with van der Waals surface area (Å²) < 4.78 is 23.2. The van der Waals surface area contributed by atoms with Gasteiger partial charge in [-0.3, -0.25) is 4.68 Å². The highest BCUT2D eigenvalue weighted by molar-refractivity contribution is 5.90. The molecule has 35 heavy (non-hydrogen) atoms. The number of halogens is 1. The number of ether oxygens (including phenoxy) is 1. The fraction of sp³-hybridized carbons (Fsp3) is 0.357. The average molecular weight is 475 g/mol. The minimum Gasteiger partial charge on any atom is -0.444 e. The maximum Gasteiger partial charge on any atom is 0.410 e. The van der Waals surface area contributed by atoms with Gasteiger partial charge in [0.15, 0.2) is 0 Å². The van der Waals surface area contributed by atoms with Crippen LogP contribution in [0.1, 0.15) is 45.1 Å². The molecule has 1 aliphatic heterocycles. The van der Waals surface area contributed by atoms with E-state index in [0.29, 0.717) is 19.0 Å². The third-order valence-corrected chi connectivity index (χ3v) is 6.64. The normalized spacial score (nSPS) is 15.1. The number of piperidine rings is 1. The molecule has 3 heterocycles. The lowest BCUT2D eigenvalue weighted by molar-refractivity contribution is 0.0205. The van der Waals surface area contributed by atoms with E-state index in [9.17, 15) is 9.18 Å². The molecule has 0 aliphatic carbocycles. The Morgan fingerprint density at radius 1 is 1.06 bits per heavy atom. The summed E-state index contributed by atoms with van der Waals surface area (Å²) in [4.78, 5) is 14.4. The first-order valence-electron chi connectivity index (χ1n) is 12.1. The quantitative estimate of drug-likeness (QED) is 0.351. The van der Waals surface area contributed by atoms with Crippen LogP contribution in [0.15, 0.2) is 60.9 Å². The summed E-state index contributed by atoms with van der Waals surface area (Å²) in [5.74, 6) is 0.0538. The molecule has 1 aliphatic rings. The number of carbonyl (C=O) groups excluding carboxylic acids is 1. The number of aryl methyl sites for hydroxylation is 1. The topological polar surface area (TPSA) is 52.3 Å². The Morgan fingerprint density at radius 2 is 1.77 bits per heavy atom. The van der Waals surface area contributed by atoms with Crippen molar-refractivity contribution in [3.63, 3.8) is 0 Å². The fourth-order valence-corrected chi connectivity index (χ4v) is 4.91. The number of hydrogen-bond donors (Lipinski definition) is 0. The lowest BCUT2D eigenvalue weighted by Gasteiger charge is -2.33. The number of benzene rings is 2. The van der Waals surface area contributed by atoms with Gasteiger partial charge in [0.25, 0.3) is 0 Å². The molecule has 1 fully saturated rings. The van der Waals surface area contributed by atoms with E-state index < -0.39 is 5.60 Å². The first kappa shape index (κ1) is 23.1. The van der Waals surface area contributed by atoms with Crippen molar-refractivity contribution in [3.05, 3.63) is 72.3 Å². The van der Waals surface area contributed by atoms with Gasteiger partial charge in [-0.05, 0) is 87.6 Å². The zero-order valence-corrected chi connectivity index (χ0v) is 20.7. The molecule has 182 valence electrons.